The second-order valence-corrected chi connectivity index (χ2v) is 7.79. The molecule has 4 N–H and O–H groups in total. The van der Waals surface area contributed by atoms with Crippen LogP contribution in [0.5, 0.6) is 0 Å². The highest BCUT2D eigenvalue weighted by Gasteiger charge is 2.42. The van der Waals surface area contributed by atoms with Crippen LogP contribution in [0, 0.1) is 5.92 Å². The van der Waals surface area contributed by atoms with Crippen LogP contribution in [0.25, 0.3) is 0 Å². The first-order valence-corrected chi connectivity index (χ1v) is 9.64. The van der Waals surface area contributed by atoms with Gasteiger partial charge in [-0.25, -0.2) is 4.99 Å². The maximum absolute atomic E-state index is 13.1. The number of nitrogens with two attached hydrogens (primary N) is 1. The Balaban J connectivity index is 1.62. The summed E-state index contributed by atoms with van der Waals surface area (Å²) in [7, 11) is 0. The number of hydrogen-bond donors (Lipinski definition) is 3. The molecule has 9 heteroatoms. The van der Waals surface area contributed by atoms with Crippen molar-refractivity contribution in [3.63, 3.8) is 0 Å². The summed E-state index contributed by atoms with van der Waals surface area (Å²) in [5.74, 6) is 1.05. The van der Waals surface area contributed by atoms with Gasteiger partial charge in [-0.3, -0.25) is 20.0 Å². The molecule has 0 aromatic rings. The lowest BCUT2D eigenvalue weighted by Gasteiger charge is -2.41. The SMILES string of the molecule is C=C(Br)NC1=C(N)N2CCNC2N(CC2=NC3C=CC=CC3C(C)=N2)C1=O. The third kappa shape index (κ3) is 3.21. The van der Waals surface area contributed by atoms with Gasteiger partial charge >= 0.3 is 0 Å². The van der Waals surface area contributed by atoms with E-state index >= 15 is 0 Å². The van der Waals surface area contributed by atoms with Crippen molar-refractivity contribution in [2.24, 2.45) is 21.6 Å². The molecule has 4 rings (SSSR count). The van der Waals surface area contributed by atoms with Crippen LogP contribution < -0.4 is 16.4 Å². The molecule has 0 aromatic heterocycles. The van der Waals surface area contributed by atoms with Crippen LogP contribution in [0.1, 0.15) is 6.92 Å². The minimum absolute atomic E-state index is 0.0376. The number of allylic oxidation sites excluding steroid dienone is 2. The smallest absolute Gasteiger partial charge is 0.277 e. The number of amides is 1. The van der Waals surface area contributed by atoms with Crippen LogP contribution >= 0.6 is 15.9 Å². The van der Waals surface area contributed by atoms with Gasteiger partial charge in [-0.15, -0.1) is 0 Å². The molecular formula is C18H22BrN7O. The lowest BCUT2D eigenvalue weighted by Crippen LogP contribution is -2.60. The number of halogens is 1. The lowest BCUT2D eigenvalue weighted by atomic mass is 9.90. The number of amidine groups is 1. The van der Waals surface area contributed by atoms with Crippen LogP contribution in [-0.2, 0) is 4.79 Å². The van der Waals surface area contributed by atoms with E-state index in [0.717, 1.165) is 12.3 Å². The molecule has 3 unspecified atom stereocenters. The predicted molar refractivity (Wildman–Crippen MR) is 109 cm³/mol. The van der Waals surface area contributed by atoms with Gasteiger partial charge in [-0.2, -0.15) is 0 Å². The van der Waals surface area contributed by atoms with Gasteiger partial charge in [-0.05, 0) is 22.9 Å². The van der Waals surface area contributed by atoms with E-state index in [-0.39, 0.29) is 24.2 Å². The summed E-state index contributed by atoms with van der Waals surface area (Å²) in [5.41, 5.74) is 7.55. The zero-order valence-electron chi connectivity index (χ0n) is 15.0. The van der Waals surface area contributed by atoms with Crippen LogP contribution in [0.2, 0.25) is 0 Å². The molecule has 27 heavy (non-hydrogen) atoms. The zero-order chi connectivity index (χ0) is 19.1. The molecule has 1 amide bonds. The van der Waals surface area contributed by atoms with E-state index in [1.54, 1.807) is 4.90 Å². The van der Waals surface area contributed by atoms with Crippen molar-refractivity contribution >= 4 is 33.4 Å². The van der Waals surface area contributed by atoms with Crippen molar-refractivity contribution in [1.29, 1.82) is 0 Å². The first kappa shape index (κ1) is 18.0. The molecule has 0 spiro atoms. The molecule has 3 atom stereocenters. The second kappa shape index (κ2) is 6.97. The number of nitrogens with zero attached hydrogens (tertiary/aromatic N) is 4. The van der Waals surface area contributed by atoms with E-state index in [4.69, 9.17) is 10.7 Å². The lowest BCUT2D eigenvalue weighted by molar-refractivity contribution is -0.134. The first-order chi connectivity index (χ1) is 13.0. The molecule has 1 saturated heterocycles. The number of aliphatic imine (C=N–C) groups is 2. The molecule has 0 aromatic carbocycles. The second-order valence-electron chi connectivity index (χ2n) is 6.83. The number of rotatable bonds is 4. The first-order valence-electron chi connectivity index (χ1n) is 8.84. The summed E-state index contributed by atoms with van der Waals surface area (Å²) in [6, 6.07) is 0.0376. The van der Waals surface area contributed by atoms with Crippen molar-refractivity contribution in [1.82, 2.24) is 20.4 Å². The highest BCUT2D eigenvalue weighted by Crippen LogP contribution is 2.26. The fraction of sp³-hybridized carbons (Fsp3) is 0.389. The molecule has 3 aliphatic heterocycles. The Labute approximate surface area is 166 Å². The molecule has 4 aliphatic rings. The fourth-order valence-corrected chi connectivity index (χ4v) is 4.01. The van der Waals surface area contributed by atoms with E-state index in [1.165, 1.54) is 0 Å². The zero-order valence-corrected chi connectivity index (χ0v) is 16.6. The summed E-state index contributed by atoms with van der Waals surface area (Å²) >= 11 is 3.24. The summed E-state index contributed by atoms with van der Waals surface area (Å²) in [5, 5.41) is 6.26. The average Bonchev–Trinajstić information content (AvgIpc) is 3.12. The van der Waals surface area contributed by atoms with E-state index < -0.39 is 0 Å². The Bertz CT molecular complexity index is 841. The number of nitrogens with one attached hydrogen (secondary N) is 2. The Morgan fingerprint density at radius 2 is 2.26 bits per heavy atom. The van der Waals surface area contributed by atoms with Crippen molar-refractivity contribution < 1.29 is 4.79 Å². The summed E-state index contributed by atoms with van der Waals surface area (Å²) in [6.07, 6.45) is 7.90. The number of carbonyl (C=O) groups excluding carboxylic acids is 1. The topological polar surface area (TPSA) is 98.3 Å². The van der Waals surface area contributed by atoms with Gasteiger partial charge < -0.3 is 16.0 Å². The Kier molecular flexibility index (Phi) is 4.65. The van der Waals surface area contributed by atoms with E-state index in [9.17, 15) is 4.79 Å². The monoisotopic (exact) mass is 431 g/mol. The summed E-state index contributed by atoms with van der Waals surface area (Å²) in [6.45, 7) is 7.52. The van der Waals surface area contributed by atoms with Gasteiger partial charge in [0.25, 0.3) is 5.91 Å². The van der Waals surface area contributed by atoms with Crippen LogP contribution in [-0.4, -0.2) is 59.2 Å². The maximum Gasteiger partial charge on any atom is 0.277 e. The third-order valence-corrected chi connectivity index (χ3v) is 5.27. The summed E-state index contributed by atoms with van der Waals surface area (Å²) < 4.78 is 0.477. The van der Waals surface area contributed by atoms with Crippen LogP contribution in [0.15, 0.2) is 57.0 Å². The summed E-state index contributed by atoms with van der Waals surface area (Å²) in [4.78, 5) is 26.2. The normalized spacial score (nSPS) is 29.4. The number of fused-ring (bicyclic) bond motifs is 2. The molecule has 0 radical (unpaired) electrons. The van der Waals surface area contributed by atoms with Gasteiger partial charge in [-0.1, -0.05) is 30.9 Å². The van der Waals surface area contributed by atoms with Gasteiger partial charge in [0.2, 0.25) is 0 Å². The largest absolute Gasteiger partial charge is 0.383 e. The van der Waals surface area contributed by atoms with Crippen LogP contribution in [0.4, 0.5) is 0 Å². The van der Waals surface area contributed by atoms with Gasteiger partial charge in [0.15, 0.2) is 6.29 Å². The quantitative estimate of drug-likeness (QED) is 0.565. The van der Waals surface area contributed by atoms with Gasteiger partial charge in [0, 0.05) is 24.7 Å². The van der Waals surface area contributed by atoms with Gasteiger partial charge in [0.05, 0.1) is 17.2 Å². The van der Waals surface area contributed by atoms with Crippen molar-refractivity contribution in [2.45, 2.75) is 19.3 Å². The Morgan fingerprint density at radius 3 is 3.04 bits per heavy atom. The van der Waals surface area contributed by atoms with Crippen molar-refractivity contribution in [3.05, 3.63) is 47.0 Å². The molecule has 0 bridgehead atoms. The van der Waals surface area contributed by atoms with Crippen LogP contribution in [0.3, 0.4) is 0 Å². The van der Waals surface area contributed by atoms with Crippen molar-refractivity contribution in [3.8, 4) is 0 Å². The third-order valence-electron chi connectivity index (χ3n) is 5.07. The van der Waals surface area contributed by atoms with Gasteiger partial charge in [0.1, 0.15) is 17.4 Å². The Hall–Kier alpha value is -2.39. The highest BCUT2D eigenvalue weighted by atomic mass is 79.9. The average molecular weight is 432 g/mol. The molecule has 0 saturated carbocycles. The molecule has 1 fully saturated rings. The van der Waals surface area contributed by atoms with E-state index in [1.807, 2.05) is 24.0 Å². The number of carbonyl (C=O) groups is 1. The highest BCUT2D eigenvalue weighted by molar-refractivity contribution is 9.11. The van der Waals surface area contributed by atoms with E-state index in [0.29, 0.717) is 35.0 Å². The fourth-order valence-electron chi connectivity index (χ4n) is 3.81. The molecule has 3 heterocycles. The standard InChI is InChI=1S/C18H22BrN7O/c1-10-12-5-3-4-6-13(12)24-14(22-10)9-26-17(27)15(23-11(2)19)16(20)25-8-7-21-18(25)26/h3-6,12-13,18,21,23H,2,7-9,20H2,1H3. The number of hydrogen-bond acceptors (Lipinski definition) is 7. The molecule has 8 nitrogen and oxygen atoms in total. The van der Waals surface area contributed by atoms with E-state index in [2.05, 4.69) is 50.3 Å². The minimum atomic E-state index is -0.302. The Morgan fingerprint density at radius 1 is 1.48 bits per heavy atom. The predicted octanol–water partition coefficient (Wildman–Crippen LogP) is 0.585. The maximum atomic E-state index is 13.1. The molecule has 1 aliphatic carbocycles. The molecular weight excluding hydrogens is 410 g/mol. The van der Waals surface area contributed by atoms with Crippen molar-refractivity contribution in [2.75, 3.05) is 19.6 Å². The minimum Gasteiger partial charge on any atom is -0.383 e. The molecule has 142 valence electrons.